The van der Waals surface area contributed by atoms with E-state index in [9.17, 15) is 0 Å². The number of aromatic nitrogens is 1. The first-order chi connectivity index (χ1) is 14.3. The lowest BCUT2D eigenvalue weighted by molar-refractivity contribution is 0.164. The summed E-state index contributed by atoms with van der Waals surface area (Å²) in [5.41, 5.74) is 6.06. The van der Waals surface area contributed by atoms with Crippen LogP contribution < -0.4 is 10.2 Å². The molecule has 1 aromatic carbocycles. The third-order valence-corrected chi connectivity index (χ3v) is 6.67. The Balaban J connectivity index is 1.79. The van der Waals surface area contributed by atoms with Gasteiger partial charge in [-0.1, -0.05) is 18.2 Å². The quantitative estimate of drug-likeness (QED) is 0.723. The molecule has 2 atom stereocenters. The van der Waals surface area contributed by atoms with Crippen LogP contribution in [0, 0.1) is 0 Å². The Hall–Kier alpha value is -2.44. The van der Waals surface area contributed by atoms with Gasteiger partial charge in [-0.2, -0.15) is 0 Å². The van der Waals surface area contributed by atoms with Crippen molar-refractivity contribution in [3.8, 4) is 0 Å². The number of hydrogen-bond donors (Lipinski definition) is 1. The molecule has 2 aliphatic heterocycles. The number of likely N-dealkylation sites (N-methyl/N-ethyl adjacent to an activating group) is 1. The standard InChI is InChI=1S/C24H30N4OS/c1-16-15-24(2,3)27(4)20-10-9-17(14-18(16)20)22-21(19-8-6-7-11-25-19)26-23(30)28(22)12-13-29-5/h6-11,14-15,21-22H,12-13H2,1-5H3,(H,26,30)/t21-,22-/m0/s1. The van der Waals surface area contributed by atoms with Gasteiger partial charge >= 0.3 is 0 Å². The van der Waals surface area contributed by atoms with Gasteiger partial charge in [0.2, 0.25) is 0 Å². The molecule has 0 saturated carbocycles. The molecule has 0 radical (unpaired) electrons. The van der Waals surface area contributed by atoms with Crippen molar-refractivity contribution in [1.29, 1.82) is 0 Å². The van der Waals surface area contributed by atoms with Crippen LogP contribution in [-0.4, -0.2) is 47.8 Å². The average Bonchev–Trinajstić information content (AvgIpc) is 3.06. The van der Waals surface area contributed by atoms with Gasteiger partial charge in [0.15, 0.2) is 5.11 Å². The van der Waals surface area contributed by atoms with E-state index in [1.165, 1.54) is 22.4 Å². The van der Waals surface area contributed by atoms with Crippen LogP contribution in [0.1, 0.15) is 49.7 Å². The fraction of sp³-hybridized carbons (Fsp3) is 0.417. The number of rotatable bonds is 5. The van der Waals surface area contributed by atoms with Gasteiger partial charge in [-0.05, 0) is 68.4 Å². The van der Waals surface area contributed by atoms with Crippen LogP contribution in [0.3, 0.4) is 0 Å². The smallest absolute Gasteiger partial charge is 0.170 e. The van der Waals surface area contributed by atoms with Crippen LogP contribution in [0.25, 0.3) is 5.57 Å². The Bertz CT molecular complexity index is 972. The number of fused-ring (bicyclic) bond motifs is 1. The van der Waals surface area contributed by atoms with Gasteiger partial charge in [-0.15, -0.1) is 0 Å². The summed E-state index contributed by atoms with van der Waals surface area (Å²) in [6, 6.07) is 12.9. The Morgan fingerprint density at radius 2 is 2.03 bits per heavy atom. The van der Waals surface area contributed by atoms with E-state index < -0.39 is 0 Å². The van der Waals surface area contributed by atoms with Crippen molar-refractivity contribution < 1.29 is 4.74 Å². The first kappa shape index (κ1) is 20.8. The zero-order valence-corrected chi connectivity index (χ0v) is 19.2. The number of hydrogen-bond acceptors (Lipinski definition) is 4. The minimum absolute atomic E-state index is 0.00389. The topological polar surface area (TPSA) is 40.6 Å². The van der Waals surface area contributed by atoms with Gasteiger partial charge < -0.3 is 19.9 Å². The normalized spacial score (nSPS) is 22.6. The van der Waals surface area contributed by atoms with Crippen LogP contribution in [-0.2, 0) is 4.74 Å². The monoisotopic (exact) mass is 422 g/mol. The molecule has 4 rings (SSSR count). The number of benzene rings is 1. The average molecular weight is 423 g/mol. The largest absolute Gasteiger partial charge is 0.383 e. The number of pyridine rings is 1. The number of methoxy groups -OCH3 is 1. The molecule has 1 N–H and O–H groups in total. The molecule has 2 aliphatic rings. The molecular weight excluding hydrogens is 392 g/mol. The van der Waals surface area contributed by atoms with Gasteiger partial charge in [0.05, 0.1) is 29.9 Å². The number of nitrogens with zero attached hydrogens (tertiary/aromatic N) is 3. The molecule has 0 bridgehead atoms. The van der Waals surface area contributed by atoms with E-state index in [1.54, 1.807) is 7.11 Å². The highest BCUT2D eigenvalue weighted by atomic mass is 32.1. The Kier molecular flexibility index (Phi) is 5.55. The molecular formula is C24H30N4OS. The molecule has 6 heteroatoms. The van der Waals surface area contributed by atoms with Crippen LogP contribution >= 0.6 is 12.2 Å². The number of thiocarbonyl (C=S) groups is 1. The Labute approximate surface area is 184 Å². The zero-order valence-electron chi connectivity index (χ0n) is 18.3. The van der Waals surface area contributed by atoms with Crippen molar-refractivity contribution in [2.24, 2.45) is 0 Å². The first-order valence-electron chi connectivity index (χ1n) is 10.4. The Morgan fingerprint density at radius 3 is 2.73 bits per heavy atom. The summed E-state index contributed by atoms with van der Waals surface area (Å²) < 4.78 is 5.36. The van der Waals surface area contributed by atoms with Crippen LogP contribution in [0.4, 0.5) is 5.69 Å². The van der Waals surface area contributed by atoms with Crippen molar-refractivity contribution in [2.75, 3.05) is 32.2 Å². The third-order valence-electron chi connectivity index (χ3n) is 6.32. The minimum Gasteiger partial charge on any atom is -0.383 e. The molecule has 1 fully saturated rings. The second kappa shape index (κ2) is 8.00. The second-order valence-corrected chi connectivity index (χ2v) is 9.02. The van der Waals surface area contributed by atoms with E-state index in [0.717, 1.165) is 17.4 Å². The predicted molar refractivity (Wildman–Crippen MR) is 127 cm³/mol. The second-order valence-electron chi connectivity index (χ2n) is 8.63. The molecule has 0 aliphatic carbocycles. The number of allylic oxidation sites excluding steroid dienone is 1. The van der Waals surface area contributed by atoms with Crippen molar-refractivity contribution >= 4 is 28.6 Å². The third kappa shape index (κ3) is 3.59. The molecule has 0 amide bonds. The van der Waals surface area contributed by atoms with Crippen LogP contribution in [0.5, 0.6) is 0 Å². The summed E-state index contributed by atoms with van der Waals surface area (Å²) in [7, 11) is 3.89. The number of anilines is 1. The van der Waals surface area contributed by atoms with E-state index in [2.05, 4.69) is 78.3 Å². The van der Waals surface area contributed by atoms with Crippen LogP contribution in [0.2, 0.25) is 0 Å². The summed E-state index contributed by atoms with van der Waals surface area (Å²) in [5, 5.41) is 4.25. The zero-order chi connectivity index (χ0) is 21.5. The lowest BCUT2D eigenvalue weighted by Gasteiger charge is -2.41. The van der Waals surface area contributed by atoms with E-state index in [4.69, 9.17) is 17.0 Å². The van der Waals surface area contributed by atoms with E-state index in [-0.39, 0.29) is 17.6 Å². The van der Waals surface area contributed by atoms with Gasteiger partial charge in [-0.3, -0.25) is 4.98 Å². The molecule has 158 valence electrons. The lowest BCUT2D eigenvalue weighted by Crippen LogP contribution is -2.42. The summed E-state index contributed by atoms with van der Waals surface area (Å²) in [6.07, 6.45) is 4.18. The van der Waals surface area contributed by atoms with Crippen molar-refractivity contribution in [3.63, 3.8) is 0 Å². The Morgan fingerprint density at radius 1 is 1.23 bits per heavy atom. The fourth-order valence-corrected chi connectivity index (χ4v) is 4.89. The molecule has 5 nitrogen and oxygen atoms in total. The van der Waals surface area contributed by atoms with Gasteiger partial charge in [0, 0.05) is 38.1 Å². The summed E-state index contributed by atoms with van der Waals surface area (Å²) in [4.78, 5) is 9.19. The fourth-order valence-electron chi connectivity index (χ4n) is 4.56. The minimum atomic E-state index is -0.00403. The van der Waals surface area contributed by atoms with Crippen molar-refractivity contribution in [2.45, 2.75) is 38.4 Å². The lowest BCUT2D eigenvalue weighted by atomic mass is 9.86. The molecule has 0 unspecified atom stereocenters. The van der Waals surface area contributed by atoms with E-state index in [1.807, 2.05) is 18.3 Å². The SMILES string of the molecule is COCCN1C(=S)N[C@@H](c2ccccn2)[C@@H]1c1ccc2c(c1)C(C)=CC(C)(C)N2C. The molecule has 2 aromatic rings. The molecule has 1 saturated heterocycles. The van der Waals surface area contributed by atoms with Gasteiger partial charge in [0.25, 0.3) is 0 Å². The van der Waals surface area contributed by atoms with E-state index in [0.29, 0.717) is 6.61 Å². The maximum Gasteiger partial charge on any atom is 0.170 e. The highest BCUT2D eigenvalue weighted by molar-refractivity contribution is 7.80. The van der Waals surface area contributed by atoms with Crippen molar-refractivity contribution in [3.05, 3.63) is 65.5 Å². The summed E-state index contributed by atoms with van der Waals surface area (Å²) >= 11 is 5.71. The molecule has 3 heterocycles. The summed E-state index contributed by atoms with van der Waals surface area (Å²) in [5.74, 6) is 0. The van der Waals surface area contributed by atoms with Crippen molar-refractivity contribution in [1.82, 2.24) is 15.2 Å². The maximum atomic E-state index is 5.71. The predicted octanol–water partition coefficient (Wildman–Crippen LogP) is 4.33. The molecule has 30 heavy (non-hydrogen) atoms. The first-order valence-corrected chi connectivity index (χ1v) is 10.8. The molecule has 1 aromatic heterocycles. The molecule has 0 spiro atoms. The number of ether oxygens (including phenoxy) is 1. The maximum absolute atomic E-state index is 5.71. The number of nitrogens with one attached hydrogen (secondary N) is 1. The van der Waals surface area contributed by atoms with Gasteiger partial charge in [0.1, 0.15) is 0 Å². The van der Waals surface area contributed by atoms with Crippen LogP contribution in [0.15, 0.2) is 48.7 Å². The van der Waals surface area contributed by atoms with E-state index >= 15 is 0 Å². The van der Waals surface area contributed by atoms with Gasteiger partial charge in [-0.25, -0.2) is 0 Å². The highest BCUT2D eigenvalue weighted by Gasteiger charge is 2.40. The highest BCUT2D eigenvalue weighted by Crippen LogP contribution is 2.43. The summed E-state index contributed by atoms with van der Waals surface area (Å²) in [6.45, 7) is 8.05.